The van der Waals surface area contributed by atoms with E-state index in [0.717, 1.165) is 11.3 Å². The number of carboxylic acids is 2. The molecular formula is C14H17ClN2O4S. The Labute approximate surface area is 138 Å². The molecule has 0 aliphatic heterocycles. The normalized spacial score (nSPS) is 13.0. The summed E-state index contributed by atoms with van der Waals surface area (Å²) < 4.78 is 0. The summed E-state index contributed by atoms with van der Waals surface area (Å²) in [6.45, 7) is 3.10. The quantitative estimate of drug-likeness (QED) is 0.588. The van der Waals surface area contributed by atoms with Crippen LogP contribution >= 0.6 is 23.8 Å². The molecule has 1 unspecified atom stereocenters. The third-order valence-electron chi connectivity index (χ3n) is 3.13. The van der Waals surface area contributed by atoms with E-state index in [1.165, 1.54) is 6.92 Å². The van der Waals surface area contributed by atoms with Gasteiger partial charge in [-0.3, -0.25) is 9.59 Å². The average molecular weight is 345 g/mol. The monoisotopic (exact) mass is 344 g/mol. The Balaban J connectivity index is 2.68. The molecule has 1 rings (SSSR count). The van der Waals surface area contributed by atoms with E-state index in [9.17, 15) is 14.7 Å². The molecule has 1 aromatic carbocycles. The summed E-state index contributed by atoms with van der Waals surface area (Å²) in [6, 6.07) is 5.21. The molecule has 0 amide bonds. The van der Waals surface area contributed by atoms with Gasteiger partial charge in [-0.1, -0.05) is 11.6 Å². The maximum absolute atomic E-state index is 11.2. The van der Waals surface area contributed by atoms with Crippen LogP contribution in [0.15, 0.2) is 18.2 Å². The SMILES string of the molecule is Cc1cc(Cl)ccc1NC(=S)NCC(C)(CC(=O)O)C(=O)O. The molecular weight excluding hydrogens is 328 g/mol. The van der Waals surface area contributed by atoms with Crippen molar-refractivity contribution in [3.8, 4) is 0 Å². The van der Waals surface area contributed by atoms with Crippen LogP contribution in [0.3, 0.4) is 0 Å². The number of anilines is 1. The lowest BCUT2D eigenvalue weighted by molar-refractivity contribution is -0.154. The van der Waals surface area contributed by atoms with E-state index in [1.807, 2.05) is 6.92 Å². The Hall–Kier alpha value is -1.86. The highest BCUT2D eigenvalue weighted by molar-refractivity contribution is 7.80. The Morgan fingerprint density at radius 3 is 2.50 bits per heavy atom. The Bertz CT molecular complexity index is 609. The van der Waals surface area contributed by atoms with Crippen LogP contribution in [-0.4, -0.2) is 33.8 Å². The van der Waals surface area contributed by atoms with Crippen molar-refractivity contribution < 1.29 is 19.8 Å². The zero-order chi connectivity index (χ0) is 16.9. The highest BCUT2D eigenvalue weighted by atomic mass is 35.5. The van der Waals surface area contributed by atoms with Crippen molar-refractivity contribution in [2.24, 2.45) is 5.41 Å². The van der Waals surface area contributed by atoms with Crippen LogP contribution < -0.4 is 10.6 Å². The lowest BCUT2D eigenvalue weighted by atomic mass is 9.87. The van der Waals surface area contributed by atoms with Crippen molar-refractivity contribution in [2.45, 2.75) is 20.3 Å². The van der Waals surface area contributed by atoms with Gasteiger partial charge in [0.05, 0.1) is 11.8 Å². The highest BCUT2D eigenvalue weighted by Crippen LogP contribution is 2.22. The van der Waals surface area contributed by atoms with E-state index < -0.39 is 23.8 Å². The summed E-state index contributed by atoms with van der Waals surface area (Å²) in [6.07, 6.45) is -0.502. The van der Waals surface area contributed by atoms with Crippen molar-refractivity contribution in [3.05, 3.63) is 28.8 Å². The highest BCUT2D eigenvalue weighted by Gasteiger charge is 2.35. The first-order chi connectivity index (χ1) is 10.1. The largest absolute Gasteiger partial charge is 0.481 e. The number of hydrogen-bond donors (Lipinski definition) is 4. The number of carboxylic acid groups (broad SMARTS) is 2. The predicted molar refractivity (Wildman–Crippen MR) is 88.4 cm³/mol. The van der Waals surface area contributed by atoms with Crippen LogP contribution in [0.25, 0.3) is 0 Å². The van der Waals surface area contributed by atoms with Crippen molar-refractivity contribution in [1.82, 2.24) is 5.32 Å². The smallest absolute Gasteiger partial charge is 0.311 e. The zero-order valence-corrected chi connectivity index (χ0v) is 13.7. The fraction of sp³-hybridized carbons (Fsp3) is 0.357. The summed E-state index contributed by atoms with van der Waals surface area (Å²) in [7, 11) is 0. The molecule has 0 radical (unpaired) electrons. The minimum atomic E-state index is -1.45. The van der Waals surface area contributed by atoms with Crippen LogP contribution in [0.5, 0.6) is 0 Å². The molecule has 0 saturated heterocycles. The number of rotatable bonds is 6. The molecule has 8 heteroatoms. The van der Waals surface area contributed by atoms with Gasteiger partial charge in [0.1, 0.15) is 0 Å². The lowest BCUT2D eigenvalue weighted by Gasteiger charge is -2.24. The van der Waals surface area contributed by atoms with Crippen LogP contribution in [0.2, 0.25) is 5.02 Å². The lowest BCUT2D eigenvalue weighted by Crippen LogP contribution is -2.43. The summed E-state index contributed by atoms with van der Waals surface area (Å²) in [5.74, 6) is -2.38. The van der Waals surface area contributed by atoms with Gasteiger partial charge < -0.3 is 20.8 Å². The number of aryl methyl sites for hydroxylation is 1. The first-order valence-corrected chi connectivity index (χ1v) is 7.19. The maximum atomic E-state index is 11.2. The number of nitrogens with one attached hydrogen (secondary N) is 2. The Morgan fingerprint density at radius 1 is 1.36 bits per heavy atom. The van der Waals surface area contributed by atoms with Gasteiger partial charge in [0.2, 0.25) is 0 Å². The van der Waals surface area contributed by atoms with Gasteiger partial charge in [-0.2, -0.15) is 0 Å². The van der Waals surface area contributed by atoms with E-state index in [-0.39, 0.29) is 11.7 Å². The van der Waals surface area contributed by atoms with Gasteiger partial charge in [0.25, 0.3) is 0 Å². The summed E-state index contributed by atoms with van der Waals surface area (Å²) >= 11 is 11.0. The molecule has 0 saturated carbocycles. The van der Waals surface area contributed by atoms with Gasteiger partial charge in [-0.25, -0.2) is 0 Å². The average Bonchev–Trinajstić information content (AvgIpc) is 2.39. The van der Waals surface area contributed by atoms with E-state index >= 15 is 0 Å². The van der Waals surface area contributed by atoms with Crippen molar-refractivity contribution in [3.63, 3.8) is 0 Å². The molecule has 1 aromatic rings. The van der Waals surface area contributed by atoms with Crippen LogP contribution in [0, 0.1) is 12.3 Å². The Kier molecular flexibility index (Phi) is 6.13. The number of aliphatic carboxylic acids is 2. The molecule has 6 nitrogen and oxygen atoms in total. The maximum Gasteiger partial charge on any atom is 0.311 e. The first-order valence-electron chi connectivity index (χ1n) is 6.40. The number of thiocarbonyl (C=S) groups is 1. The number of hydrogen-bond acceptors (Lipinski definition) is 3. The number of benzene rings is 1. The molecule has 0 aromatic heterocycles. The second kappa shape index (κ2) is 7.42. The number of carbonyl (C=O) groups is 2. The summed E-state index contributed by atoms with van der Waals surface area (Å²) in [5, 5.41) is 24.5. The molecule has 4 N–H and O–H groups in total. The zero-order valence-electron chi connectivity index (χ0n) is 12.1. The van der Waals surface area contributed by atoms with E-state index in [4.69, 9.17) is 28.9 Å². The van der Waals surface area contributed by atoms with E-state index in [0.29, 0.717) is 5.02 Å². The first kappa shape index (κ1) is 18.2. The van der Waals surface area contributed by atoms with Gasteiger partial charge >= 0.3 is 11.9 Å². The standard InChI is InChI=1S/C14H17ClN2O4S/c1-8-5-9(15)3-4-10(8)17-13(22)16-7-14(2,12(20)21)6-11(18)19/h3-5H,6-7H2,1-2H3,(H,18,19)(H,20,21)(H2,16,17,22). The van der Waals surface area contributed by atoms with Crippen molar-refractivity contribution in [2.75, 3.05) is 11.9 Å². The fourth-order valence-corrected chi connectivity index (χ4v) is 2.17. The predicted octanol–water partition coefficient (Wildman–Crippen LogP) is 2.50. The molecule has 0 heterocycles. The fourth-order valence-electron chi connectivity index (χ4n) is 1.76. The van der Waals surface area contributed by atoms with Crippen molar-refractivity contribution in [1.29, 1.82) is 0 Å². The third kappa shape index (κ3) is 5.16. The molecule has 0 fully saturated rings. The minimum Gasteiger partial charge on any atom is -0.481 e. The second-order valence-corrected chi connectivity index (χ2v) is 6.05. The Morgan fingerprint density at radius 2 is 2.00 bits per heavy atom. The molecule has 0 spiro atoms. The summed E-state index contributed by atoms with van der Waals surface area (Å²) in [4.78, 5) is 22.0. The van der Waals surface area contributed by atoms with Crippen LogP contribution in [0.4, 0.5) is 5.69 Å². The molecule has 22 heavy (non-hydrogen) atoms. The van der Waals surface area contributed by atoms with E-state index in [2.05, 4.69) is 10.6 Å². The van der Waals surface area contributed by atoms with Crippen LogP contribution in [0.1, 0.15) is 18.9 Å². The van der Waals surface area contributed by atoms with Gasteiger partial charge in [0.15, 0.2) is 5.11 Å². The van der Waals surface area contributed by atoms with E-state index in [1.54, 1.807) is 18.2 Å². The van der Waals surface area contributed by atoms with Crippen LogP contribution in [-0.2, 0) is 9.59 Å². The molecule has 0 aliphatic rings. The topological polar surface area (TPSA) is 98.7 Å². The molecule has 0 bridgehead atoms. The molecule has 0 aliphatic carbocycles. The van der Waals surface area contributed by atoms with Gasteiger partial charge in [-0.15, -0.1) is 0 Å². The third-order valence-corrected chi connectivity index (χ3v) is 3.61. The molecule has 120 valence electrons. The van der Waals surface area contributed by atoms with Crippen molar-refractivity contribution >= 4 is 46.6 Å². The van der Waals surface area contributed by atoms with Gasteiger partial charge in [0, 0.05) is 17.3 Å². The minimum absolute atomic E-state index is 0.104. The summed E-state index contributed by atoms with van der Waals surface area (Å²) in [5.41, 5.74) is 0.160. The molecule has 1 atom stereocenters. The number of halogens is 1. The van der Waals surface area contributed by atoms with Gasteiger partial charge in [-0.05, 0) is 49.8 Å². The second-order valence-electron chi connectivity index (χ2n) is 5.20.